The number of aliphatic hydroxyl groups is 1. The smallest absolute Gasteiger partial charge is 0.0571 e. The van der Waals surface area contributed by atoms with Crippen molar-refractivity contribution < 1.29 is 5.11 Å². The van der Waals surface area contributed by atoms with Crippen LogP contribution >= 0.6 is 0 Å². The quantitative estimate of drug-likeness (QED) is 0.784. The molecule has 1 aromatic rings. The molecule has 15 heavy (non-hydrogen) atoms. The minimum atomic E-state index is -0.176. The molecule has 0 heterocycles. The van der Waals surface area contributed by atoms with Gasteiger partial charge in [-0.25, -0.2) is 0 Å². The van der Waals surface area contributed by atoms with E-state index in [1.165, 1.54) is 5.56 Å². The third-order valence-electron chi connectivity index (χ3n) is 2.77. The Kier molecular flexibility index (Phi) is 4.83. The minimum Gasteiger partial charge on any atom is -0.393 e. The van der Waals surface area contributed by atoms with Crippen LogP contribution in [0.1, 0.15) is 32.8 Å². The highest BCUT2D eigenvalue weighted by molar-refractivity contribution is 5.15. The molecule has 0 unspecified atom stereocenters. The van der Waals surface area contributed by atoms with E-state index in [9.17, 15) is 5.11 Å². The molecular formula is C14H22O. The second-order valence-electron chi connectivity index (χ2n) is 4.86. The third kappa shape index (κ3) is 4.48. The maximum Gasteiger partial charge on any atom is 0.0571 e. The number of rotatable bonds is 5. The summed E-state index contributed by atoms with van der Waals surface area (Å²) in [6.45, 7) is 6.43. The van der Waals surface area contributed by atoms with Gasteiger partial charge in [-0.3, -0.25) is 0 Å². The maximum absolute atomic E-state index is 9.95. The average molecular weight is 206 g/mol. The SMILES string of the molecule is CC(C)C[C@@H](O)[C@@H](C)Cc1ccccc1. The Morgan fingerprint density at radius 2 is 1.67 bits per heavy atom. The number of hydrogen-bond acceptors (Lipinski definition) is 1. The molecule has 0 aliphatic heterocycles. The zero-order valence-electron chi connectivity index (χ0n) is 9.98. The molecule has 84 valence electrons. The largest absolute Gasteiger partial charge is 0.393 e. The highest BCUT2D eigenvalue weighted by Gasteiger charge is 2.15. The van der Waals surface area contributed by atoms with Crippen molar-refractivity contribution in [2.45, 2.75) is 39.7 Å². The van der Waals surface area contributed by atoms with Crippen molar-refractivity contribution in [1.29, 1.82) is 0 Å². The molecule has 1 aromatic carbocycles. The summed E-state index contributed by atoms with van der Waals surface area (Å²) in [5, 5.41) is 9.95. The van der Waals surface area contributed by atoms with Crippen molar-refractivity contribution in [3.63, 3.8) is 0 Å². The monoisotopic (exact) mass is 206 g/mol. The predicted octanol–water partition coefficient (Wildman–Crippen LogP) is 3.27. The predicted molar refractivity (Wildman–Crippen MR) is 64.8 cm³/mol. The van der Waals surface area contributed by atoms with E-state index in [2.05, 4.69) is 45.0 Å². The Labute approximate surface area is 93.1 Å². The third-order valence-corrected chi connectivity index (χ3v) is 2.77. The molecule has 0 aliphatic carbocycles. The Hall–Kier alpha value is -0.820. The van der Waals surface area contributed by atoms with Gasteiger partial charge in [-0.05, 0) is 30.2 Å². The number of benzene rings is 1. The fraction of sp³-hybridized carbons (Fsp3) is 0.571. The summed E-state index contributed by atoms with van der Waals surface area (Å²) in [4.78, 5) is 0. The molecule has 0 aliphatic rings. The fourth-order valence-corrected chi connectivity index (χ4v) is 1.84. The lowest BCUT2D eigenvalue weighted by Gasteiger charge is -2.20. The molecule has 0 spiro atoms. The standard InChI is InChI=1S/C14H22O/c1-11(2)9-14(15)12(3)10-13-7-5-4-6-8-13/h4-8,11-12,14-15H,9-10H2,1-3H3/t12-,14+/m0/s1. The Morgan fingerprint density at radius 3 is 2.20 bits per heavy atom. The maximum atomic E-state index is 9.95. The van der Waals surface area contributed by atoms with Crippen LogP contribution in [0.4, 0.5) is 0 Å². The van der Waals surface area contributed by atoms with Crippen LogP contribution in [0.15, 0.2) is 30.3 Å². The lowest BCUT2D eigenvalue weighted by atomic mass is 9.91. The summed E-state index contributed by atoms with van der Waals surface area (Å²) in [7, 11) is 0. The Balaban J connectivity index is 2.45. The van der Waals surface area contributed by atoms with E-state index in [1.54, 1.807) is 0 Å². The van der Waals surface area contributed by atoms with E-state index >= 15 is 0 Å². The molecule has 0 saturated carbocycles. The Bertz CT molecular complexity index is 266. The van der Waals surface area contributed by atoms with Gasteiger partial charge in [0.15, 0.2) is 0 Å². The molecule has 2 atom stereocenters. The first-order valence-electron chi connectivity index (χ1n) is 5.81. The van der Waals surface area contributed by atoms with Gasteiger partial charge in [-0.1, -0.05) is 51.1 Å². The van der Waals surface area contributed by atoms with Crippen molar-refractivity contribution in [2.24, 2.45) is 11.8 Å². The van der Waals surface area contributed by atoms with Crippen molar-refractivity contribution >= 4 is 0 Å². The van der Waals surface area contributed by atoms with Crippen molar-refractivity contribution in [3.8, 4) is 0 Å². The normalized spacial score (nSPS) is 15.3. The molecule has 0 radical (unpaired) electrons. The minimum absolute atomic E-state index is 0.176. The summed E-state index contributed by atoms with van der Waals surface area (Å²) >= 11 is 0. The van der Waals surface area contributed by atoms with Gasteiger partial charge in [0.1, 0.15) is 0 Å². The van der Waals surface area contributed by atoms with Gasteiger partial charge < -0.3 is 5.11 Å². The van der Waals surface area contributed by atoms with Crippen LogP contribution < -0.4 is 0 Å². The van der Waals surface area contributed by atoms with E-state index in [1.807, 2.05) is 6.07 Å². The molecule has 1 rings (SSSR count). The molecular weight excluding hydrogens is 184 g/mol. The fourth-order valence-electron chi connectivity index (χ4n) is 1.84. The van der Waals surface area contributed by atoms with Crippen molar-refractivity contribution in [1.82, 2.24) is 0 Å². The molecule has 1 N–H and O–H groups in total. The van der Waals surface area contributed by atoms with E-state index < -0.39 is 0 Å². The van der Waals surface area contributed by atoms with Crippen LogP contribution in [0, 0.1) is 11.8 Å². The summed E-state index contributed by atoms with van der Waals surface area (Å²) in [6, 6.07) is 10.4. The summed E-state index contributed by atoms with van der Waals surface area (Å²) < 4.78 is 0. The highest BCUT2D eigenvalue weighted by atomic mass is 16.3. The summed E-state index contributed by atoms with van der Waals surface area (Å²) in [5.41, 5.74) is 1.31. The van der Waals surface area contributed by atoms with E-state index in [0.29, 0.717) is 11.8 Å². The lowest BCUT2D eigenvalue weighted by Crippen LogP contribution is -2.21. The van der Waals surface area contributed by atoms with Crippen LogP contribution in [0.3, 0.4) is 0 Å². The first kappa shape index (κ1) is 12.3. The number of aliphatic hydroxyl groups excluding tert-OH is 1. The summed E-state index contributed by atoms with van der Waals surface area (Å²) in [6.07, 6.45) is 1.69. The molecule has 0 aromatic heterocycles. The van der Waals surface area contributed by atoms with Crippen LogP contribution in [-0.2, 0) is 6.42 Å². The van der Waals surface area contributed by atoms with Gasteiger partial charge >= 0.3 is 0 Å². The molecule has 0 bridgehead atoms. The lowest BCUT2D eigenvalue weighted by molar-refractivity contribution is 0.0946. The Morgan fingerprint density at radius 1 is 1.07 bits per heavy atom. The van der Waals surface area contributed by atoms with E-state index in [0.717, 1.165) is 12.8 Å². The van der Waals surface area contributed by atoms with Gasteiger partial charge in [-0.2, -0.15) is 0 Å². The van der Waals surface area contributed by atoms with Crippen molar-refractivity contribution in [2.75, 3.05) is 0 Å². The zero-order valence-corrected chi connectivity index (χ0v) is 9.98. The van der Waals surface area contributed by atoms with E-state index in [4.69, 9.17) is 0 Å². The topological polar surface area (TPSA) is 20.2 Å². The van der Waals surface area contributed by atoms with Gasteiger partial charge in [0, 0.05) is 0 Å². The van der Waals surface area contributed by atoms with Gasteiger partial charge in [0.05, 0.1) is 6.10 Å². The van der Waals surface area contributed by atoms with Gasteiger partial charge in [0.2, 0.25) is 0 Å². The average Bonchev–Trinajstić information content (AvgIpc) is 2.18. The van der Waals surface area contributed by atoms with Crippen LogP contribution in [0.25, 0.3) is 0 Å². The van der Waals surface area contributed by atoms with Gasteiger partial charge in [-0.15, -0.1) is 0 Å². The number of hydrogen-bond donors (Lipinski definition) is 1. The molecule has 1 heteroatoms. The second kappa shape index (κ2) is 5.92. The highest BCUT2D eigenvalue weighted by Crippen LogP contribution is 2.17. The van der Waals surface area contributed by atoms with Crippen molar-refractivity contribution in [3.05, 3.63) is 35.9 Å². The summed E-state index contributed by atoms with van der Waals surface area (Å²) in [5.74, 6) is 0.910. The van der Waals surface area contributed by atoms with Crippen LogP contribution in [0.2, 0.25) is 0 Å². The molecule has 0 amide bonds. The van der Waals surface area contributed by atoms with Crippen LogP contribution in [0.5, 0.6) is 0 Å². The first-order valence-corrected chi connectivity index (χ1v) is 5.81. The molecule has 1 nitrogen and oxygen atoms in total. The molecule has 0 saturated heterocycles. The second-order valence-corrected chi connectivity index (χ2v) is 4.86. The zero-order chi connectivity index (χ0) is 11.3. The first-order chi connectivity index (χ1) is 7.09. The van der Waals surface area contributed by atoms with Gasteiger partial charge in [0.25, 0.3) is 0 Å². The van der Waals surface area contributed by atoms with Crippen LogP contribution in [-0.4, -0.2) is 11.2 Å². The van der Waals surface area contributed by atoms with E-state index in [-0.39, 0.29) is 6.10 Å². The molecule has 0 fully saturated rings.